The van der Waals surface area contributed by atoms with E-state index in [0.29, 0.717) is 12.8 Å². The summed E-state index contributed by atoms with van der Waals surface area (Å²) in [6.45, 7) is -0.0977. The van der Waals surface area contributed by atoms with E-state index >= 15 is 0 Å². The summed E-state index contributed by atoms with van der Waals surface area (Å²) in [7, 11) is 4.27. The van der Waals surface area contributed by atoms with Gasteiger partial charge in [-0.15, -0.1) is 0 Å². The summed E-state index contributed by atoms with van der Waals surface area (Å²) in [4.78, 5) is 26.5. The highest BCUT2D eigenvalue weighted by molar-refractivity contribution is 7.39. The van der Waals surface area contributed by atoms with Gasteiger partial charge in [-0.2, -0.15) is 0 Å². The highest BCUT2D eigenvalue weighted by atomic mass is 31.1. The monoisotopic (exact) mass is 602 g/mol. The predicted molar refractivity (Wildman–Crippen MR) is 176 cm³/mol. The van der Waals surface area contributed by atoms with Crippen molar-refractivity contribution >= 4 is 30.3 Å². The molecular weight excluding hydrogens is 561 g/mol. The van der Waals surface area contributed by atoms with Gasteiger partial charge in [0.15, 0.2) is 5.15 Å². The maximum absolute atomic E-state index is 14.4. The number of benzene rings is 3. The van der Waals surface area contributed by atoms with Gasteiger partial charge in [-0.1, -0.05) is 115 Å². The van der Waals surface area contributed by atoms with Crippen LogP contribution in [0.2, 0.25) is 0 Å². The van der Waals surface area contributed by atoms with Crippen LogP contribution in [0.5, 0.6) is 0 Å². The number of hydrogen-bond acceptors (Lipinski definition) is 2. The van der Waals surface area contributed by atoms with Crippen LogP contribution in [0.25, 0.3) is 11.1 Å². The van der Waals surface area contributed by atoms with Gasteiger partial charge < -0.3 is 10.6 Å². The molecule has 0 bridgehead atoms. The summed E-state index contributed by atoms with van der Waals surface area (Å²) in [5, 5.41) is 4.48. The molecule has 4 nitrogen and oxygen atoms in total. The molecule has 0 aliphatic heterocycles. The van der Waals surface area contributed by atoms with Gasteiger partial charge in [0.1, 0.15) is 5.41 Å². The number of alkyl halides is 1. The number of fused-ring (bicyclic) bond motifs is 3. The van der Waals surface area contributed by atoms with Crippen molar-refractivity contribution in [1.82, 2.24) is 10.6 Å². The van der Waals surface area contributed by atoms with Crippen LogP contribution in [0.15, 0.2) is 90.5 Å². The van der Waals surface area contributed by atoms with Crippen molar-refractivity contribution in [2.45, 2.75) is 74.4 Å². The molecule has 3 atom stereocenters. The molecule has 220 valence electrons. The molecule has 3 aromatic rings. The zero-order valence-corrected chi connectivity index (χ0v) is 26.4. The van der Waals surface area contributed by atoms with E-state index in [2.05, 4.69) is 59.5 Å². The quantitative estimate of drug-likeness (QED) is 0.123. The van der Waals surface area contributed by atoms with E-state index in [4.69, 9.17) is 0 Å². The largest absolute Gasteiger partial charge is 0.353 e. The van der Waals surface area contributed by atoms with Crippen LogP contribution in [0.4, 0.5) is 4.39 Å². The fraction of sp³-hybridized carbons (Fsp3) is 0.371. The van der Waals surface area contributed by atoms with Crippen LogP contribution in [0.1, 0.15) is 68.1 Å². The first-order valence-corrected chi connectivity index (χ1v) is 16.2. The lowest BCUT2D eigenvalue weighted by molar-refractivity contribution is -0.125. The van der Waals surface area contributed by atoms with E-state index in [-0.39, 0.29) is 24.4 Å². The average Bonchev–Trinajstić information content (AvgIpc) is 3.55. The number of carbonyl (C=O) groups excluding carboxylic acids is 2. The Hall–Kier alpha value is -2.87. The Morgan fingerprint density at radius 2 is 1.50 bits per heavy atom. The molecule has 2 N–H and O–H groups in total. The molecule has 0 spiro atoms. The van der Waals surface area contributed by atoms with Gasteiger partial charge >= 0.3 is 0 Å². The van der Waals surface area contributed by atoms with Crippen LogP contribution in [0, 0.1) is 0 Å². The molecule has 2 aliphatic rings. The molecule has 0 fully saturated rings. The highest BCUT2D eigenvalue weighted by Crippen LogP contribution is 2.51. The lowest BCUT2D eigenvalue weighted by Crippen LogP contribution is -2.46. The number of halogens is 1. The average molecular weight is 603 g/mol. The summed E-state index contributed by atoms with van der Waals surface area (Å²) in [6, 6.07) is 26.7. The minimum absolute atomic E-state index is 0.0977. The van der Waals surface area contributed by atoms with E-state index in [1.165, 1.54) is 11.1 Å². The third-order valence-corrected chi connectivity index (χ3v) is 8.96. The summed E-state index contributed by atoms with van der Waals surface area (Å²) < 4.78 is 14.4. The van der Waals surface area contributed by atoms with Gasteiger partial charge in [0.2, 0.25) is 11.8 Å². The first kappa shape index (κ1) is 30.6. The number of amides is 2. The maximum Gasteiger partial charge on any atom is 0.235 e. The van der Waals surface area contributed by atoms with Crippen molar-refractivity contribution < 1.29 is 14.0 Å². The molecule has 0 saturated heterocycles. The number of aryl methyl sites for hydroxylation is 1. The number of rotatable bonds is 13. The Morgan fingerprint density at radius 1 is 0.857 bits per heavy atom. The van der Waals surface area contributed by atoms with Crippen molar-refractivity contribution in [2.24, 2.45) is 0 Å². The van der Waals surface area contributed by atoms with Gasteiger partial charge in [0, 0.05) is 12.5 Å². The molecular formula is C35H41FN2O2P2. The summed E-state index contributed by atoms with van der Waals surface area (Å²) in [5.74, 6) is -0.0210. The topological polar surface area (TPSA) is 58.2 Å². The second-order valence-corrected chi connectivity index (χ2v) is 14.3. The Bertz CT molecular complexity index is 1390. The van der Waals surface area contributed by atoms with Crippen molar-refractivity contribution in [3.63, 3.8) is 0 Å². The molecule has 2 amide bonds. The standard InChI is InChI=1S/C35H41FN2O2P2/c36-35(41,42)24-37-33(40)34(30-17-6-4-15-28(30)29-16-5-7-18-31(29)34)22-9-8-13-26-20-21-27(23-26)38-32(39)19-10-14-25-11-2-1-3-12-25/h1-7,11-12,15-18,20,27H,8-10,13-14,19,21-24,41-42H2,(H,37,40)(H,38,39). The molecule has 0 saturated carbocycles. The zero-order chi connectivity index (χ0) is 29.6. The molecule has 42 heavy (non-hydrogen) atoms. The van der Waals surface area contributed by atoms with Crippen molar-refractivity contribution in [3.8, 4) is 11.1 Å². The Morgan fingerprint density at radius 3 is 2.17 bits per heavy atom. The number of unbranched alkanes of at least 4 members (excludes halogenated alkanes) is 1. The lowest BCUT2D eigenvalue weighted by Gasteiger charge is -2.32. The van der Waals surface area contributed by atoms with Crippen molar-refractivity contribution in [3.05, 3.63) is 107 Å². The van der Waals surface area contributed by atoms with Gasteiger partial charge in [0.05, 0.1) is 6.54 Å². The van der Waals surface area contributed by atoms with E-state index < -0.39 is 10.6 Å². The van der Waals surface area contributed by atoms with Gasteiger partial charge in [0.25, 0.3) is 0 Å². The number of hydrogen-bond donors (Lipinski definition) is 2. The first-order chi connectivity index (χ1) is 20.3. The molecule has 0 radical (unpaired) electrons. The van der Waals surface area contributed by atoms with Crippen molar-refractivity contribution in [1.29, 1.82) is 0 Å². The van der Waals surface area contributed by atoms with E-state index in [1.54, 1.807) is 0 Å². The second kappa shape index (κ2) is 13.6. The number of carbonyl (C=O) groups is 2. The third-order valence-electron chi connectivity index (χ3n) is 8.55. The predicted octanol–water partition coefficient (Wildman–Crippen LogP) is 7.23. The maximum atomic E-state index is 14.4. The fourth-order valence-corrected chi connectivity index (χ4v) is 6.77. The SMILES string of the molecule is O=C(CCCc1ccccc1)NC1CC=C(CCCCC2(C(=O)NCC(F)(P)P)c3ccccc3-c3ccccc32)C1. The minimum atomic E-state index is -1.66. The molecule has 2 aliphatic carbocycles. The fourth-order valence-electron chi connectivity index (χ4n) is 6.57. The first-order valence-electron chi connectivity index (χ1n) is 15.0. The summed E-state index contributed by atoms with van der Waals surface area (Å²) in [5.41, 5.74) is 5.94. The molecule has 3 unspecified atom stereocenters. The van der Waals surface area contributed by atoms with Crippen molar-refractivity contribution in [2.75, 3.05) is 6.54 Å². The van der Waals surface area contributed by atoms with Gasteiger partial charge in [-0.3, -0.25) is 9.59 Å². The number of nitrogens with one attached hydrogen (secondary N) is 2. The van der Waals surface area contributed by atoms with Crippen LogP contribution < -0.4 is 10.6 Å². The van der Waals surface area contributed by atoms with E-state index in [0.717, 1.165) is 67.2 Å². The Kier molecular flexibility index (Phi) is 9.92. The normalized spacial score (nSPS) is 16.8. The highest BCUT2D eigenvalue weighted by Gasteiger charge is 2.48. The van der Waals surface area contributed by atoms with Crippen LogP contribution in [0.3, 0.4) is 0 Å². The summed E-state index contributed by atoms with van der Waals surface area (Å²) in [6.07, 6.45) is 9.76. The Labute approximate surface area is 253 Å². The summed E-state index contributed by atoms with van der Waals surface area (Å²) >= 11 is 0. The van der Waals surface area contributed by atoms with Gasteiger partial charge in [-0.25, -0.2) is 4.39 Å². The van der Waals surface area contributed by atoms with Gasteiger partial charge in [-0.05, 0) is 72.8 Å². The van der Waals surface area contributed by atoms with Crippen LogP contribution in [-0.2, 0) is 21.4 Å². The third kappa shape index (κ3) is 7.19. The van der Waals surface area contributed by atoms with E-state index in [9.17, 15) is 14.0 Å². The van der Waals surface area contributed by atoms with Crippen LogP contribution in [-0.4, -0.2) is 29.6 Å². The zero-order valence-electron chi connectivity index (χ0n) is 24.1. The van der Waals surface area contributed by atoms with E-state index in [1.807, 2.05) is 54.6 Å². The smallest absolute Gasteiger partial charge is 0.235 e. The minimum Gasteiger partial charge on any atom is -0.353 e. The molecule has 7 heteroatoms. The molecule has 3 aromatic carbocycles. The Balaban J connectivity index is 1.16. The molecule has 0 aromatic heterocycles. The lowest BCUT2D eigenvalue weighted by atomic mass is 9.73. The second-order valence-electron chi connectivity index (χ2n) is 11.7. The molecule has 0 heterocycles. The molecule has 5 rings (SSSR count). The van der Waals surface area contributed by atoms with Crippen LogP contribution >= 0.6 is 18.5 Å².